The highest BCUT2D eigenvalue weighted by Crippen LogP contribution is 2.39. The summed E-state index contributed by atoms with van der Waals surface area (Å²) in [5.74, 6) is 1.54. The molecule has 3 aliphatic rings. The molecule has 0 spiro atoms. The van der Waals surface area contributed by atoms with E-state index in [4.69, 9.17) is 9.72 Å². The zero-order valence-electron chi connectivity index (χ0n) is 31.1. The van der Waals surface area contributed by atoms with Crippen molar-refractivity contribution in [3.8, 4) is 33.6 Å². The molecule has 2 aromatic heterocycles. The van der Waals surface area contributed by atoms with E-state index in [9.17, 15) is 19.5 Å². The summed E-state index contributed by atoms with van der Waals surface area (Å²) in [6.45, 7) is 8.24. The van der Waals surface area contributed by atoms with Gasteiger partial charge >= 0.3 is 6.09 Å². The van der Waals surface area contributed by atoms with Crippen molar-refractivity contribution in [2.24, 2.45) is 11.8 Å². The number of amides is 3. The summed E-state index contributed by atoms with van der Waals surface area (Å²) < 4.78 is 5.58. The molecule has 4 heterocycles. The molecule has 1 saturated carbocycles. The Morgan fingerprint density at radius 2 is 1.40 bits per heavy atom. The SMILES string of the molecule is CC(C)[C@@H](C(=O)N1CCC[C@H]1c1ncc(-c2ccc(-c3ccc(-c4cnc([C@H]5CCCC[C@@H]5C(=O)N5CCOC[C@H]5C)[nH]4)cc3)cc2)[nH]1)N(C)C(=O)O. The van der Waals surface area contributed by atoms with E-state index in [1.165, 1.54) is 7.05 Å². The molecule has 0 unspecified atom stereocenters. The predicted molar refractivity (Wildman–Crippen MR) is 202 cm³/mol. The first-order valence-electron chi connectivity index (χ1n) is 19.1. The fourth-order valence-corrected chi connectivity index (χ4v) is 8.53. The summed E-state index contributed by atoms with van der Waals surface area (Å²) in [6.07, 6.45) is 8.21. The monoisotopic (exact) mass is 721 g/mol. The van der Waals surface area contributed by atoms with Crippen molar-refractivity contribution in [3.63, 3.8) is 0 Å². The van der Waals surface area contributed by atoms with Gasteiger partial charge in [-0.3, -0.25) is 14.5 Å². The predicted octanol–water partition coefficient (Wildman–Crippen LogP) is 6.95. The highest BCUT2D eigenvalue weighted by atomic mass is 16.5. The lowest BCUT2D eigenvalue weighted by Crippen LogP contribution is -2.51. The molecular formula is C41H51N7O5. The Labute approximate surface area is 311 Å². The van der Waals surface area contributed by atoms with Crippen molar-refractivity contribution in [1.82, 2.24) is 34.6 Å². The molecule has 1 aliphatic carbocycles. The maximum atomic E-state index is 13.7. The second-order valence-corrected chi connectivity index (χ2v) is 15.2. The van der Waals surface area contributed by atoms with Gasteiger partial charge in [-0.05, 0) is 60.8 Å². The van der Waals surface area contributed by atoms with Crippen LogP contribution in [0.2, 0.25) is 0 Å². The molecule has 53 heavy (non-hydrogen) atoms. The molecule has 3 N–H and O–H groups in total. The highest BCUT2D eigenvalue weighted by Gasteiger charge is 2.40. The summed E-state index contributed by atoms with van der Waals surface area (Å²) in [4.78, 5) is 60.3. The maximum Gasteiger partial charge on any atom is 0.407 e. The van der Waals surface area contributed by atoms with E-state index in [-0.39, 0.29) is 41.7 Å². The first-order chi connectivity index (χ1) is 25.6. The molecule has 12 heteroatoms. The molecule has 7 rings (SSSR count). The lowest BCUT2D eigenvalue weighted by molar-refractivity contribution is -0.145. The van der Waals surface area contributed by atoms with Gasteiger partial charge in [0, 0.05) is 32.0 Å². The Balaban J connectivity index is 1.01. The number of hydrogen-bond acceptors (Lipinski definition) is 6. The van der Waals surface area contributed by atoms with Crippen molar-refractivity contribution in [2.75, 3.05) is 33.4 Å². The largest absolute Gasteiger partial charge is 0.465 e. The standard InChI is InChI=1S/C41H51N7O5/c1-25(2)36(46(4)41(51)52)40(50)48-19-7-10-35(48)38-43-23-34(45-38)30-17-13-28(14-18-30)27-11-15-29(16-12-27)33-22-42-37(44-33)31-8-5-6-9-32(31)39(49)47-20-21-53-24-26(47)3/h11-18,22-23,25-26,31-32,35-36H,5-10,19-21,24H2,1-4H3,(H,42,44)(H,43,45)(H,51,52)/t26-,31+,32+,35+,36+/m1/s1. The molecule has 0 bridgehead atoms. The van der Waals surface area contributed by atoms with Crippen LogP contribution >= 0.6 is 0 Å². The van der Waals surface area contributed by atoms with Gasteiger partial charge < -0.3 is 29.6 Å². The number of carbonyl (C=O) groups is 3. The number of carbonyl (C=O) groups excluding carboxylic acids is 2. The quantitative estimate of drug-likeness (QED) is 0.169. The second-order valence-electron chi connectivity index (χ2n) is 15.2. The van der Waals surface area contributed by atoms with E-state index in [2.05, 4.69) is 70.4 Å². The summed E-state index contributed by atoms with van der Waals surface area (Å²) in [6, 6.07) is 15.9. The Kier molecular flexibility index (Phi) is 10.7. The van der Waals surface area contributed by atoms with Gasteiger partial charge in [0.05, 0.1) is 49.1 Å². The zero-order chi connectivity index (χ0) is 37.2. The zero-order valence-corrected chi connectivity index (χ0v) is 31.1. The third-order valence-electron chi connectivity index (χ3n) is 11.5. The minimum atomic E-state index is -1.11. The maximum absolute atomic E-state index is 13.7. The first kappa shape index (κ1) is 36.4. The molecule has 3 fully saturated rings. The lowest BCUT2D eigenvalue weighted by Gasteiger charge is -2.39. The van der Waals surface area contributed by atoms with Crippen molar-refractivity contribution in [1.29, 1.82) is 0 Å². The van der Waals surface area contributed by atoms with Crippen LogP contribution < -0.4 is 0 Å². The normalized spacial score (nSPS) is 22.6. The van der Waals surface area contributed by atoms with Crippen LogP contribution in [-0.2, 0) is 14.3 Å². The Bertz CT molecular complexity index is 1900. The van der Waals surface area contributed by atoms with E-state index in [0.29, 0.717) is 32.1 Å². The number of ether oxygens (including phenoxy) is 1. The van der Waals surface area contributed by atoms with Gasteiger partial charge in [-0.2, -0.15) is 0 Å². The van der Waals surface area contributed by atoms with Crippen LogP contribution in [-0.4, -0.2) is 103 Å². The lowest BCUT2D eigenvalue weighted by atomic mass is 9.77. The van der Waals surface area contributed by atoms with Crippen molar-refractivity contribution in [3.05, 3.63) is 72.6 Å². The number of aromatic amines is 2. The number of carboxylic acid groups (broad SMARTS) is 1. The first-order valence-corrected chi connectivity index (χ1v) is 19.1. The minimum absolute atomic E-state index is 0.0567. The molecule has 2 saturated heterocycles. The van der Waals surface area contributed by atoms with Crippen molar-refractivity contribution < 1.29 is 24.2 Å². The average Bonchev–Trinajstić information content (AvgIpc) is 3.97. The number of H-pyrrole nitrogens is 2. The molecule has 3 amide bonds. The Morgan fingerprint density at radius 1 is 0.811 bits per heavy atom. The van der Waals surface area contributed by atoms with Crippen LogP contribution in [0.4, 0.5) is 4.79 Å². The molecule has 280 valence electrons. The molecule has 5 atom stereocenters. The molecule has 2 aromatic carbocycles. The van der Waals surface area contributed by atoms with Gasteiger partial charge in [-0.15, -0.1) is 0 Å². The van der Waals surface area contributed by atoms with E-state index >= 15 is 0 Å². The number of likely N-dealkylation sites (tertiary alicyclic amines) is 1. The van der Waals surface area contributed by atoms with E-state index in [1.807, 2.05) is 24.9 Å². The van der Waals surface area contributed by atoms with Crippen molar-refractivity contribution in [2.45, 2.75) is 83.3 Å². The fraction of sp³-hybridized carbons (Fsp3) is 0.488. The van der Waals surface area contributed by atoms with E-state index in [1.54, 1.807) is 11.1 Å². The third-order valence-corrected chi connectivity index (χ3v) is 11.5. The van der Waals surface area contributed by atoms with Gasteiger partial charge in [-0.25, -0.2) is 14.8 Å². The molecular weight excluding hydrogens is 670 g/mol. The summed E-state index contributed by atoms with van der Waals surface area (Å²) in [5.41, 5.74) is 6.02. The fourth-order valence-electron chi connectivity index (χ4n) is 8.53. The number of rotatable bonds is 9. The second kappa shape index (κ2) is 15.6. The average molecular weight is 722 g/mol. The summed E-state index contributed by atoms with van der Waals surface area (Å²) in [7, 11) is 1.46. The smallest absolute Gasteiger partial charge is 0.407 e. The number of morpholine rings is 1. The Morgan fingerprint density at radius 3 is 2.00 bits per heavy atom. The van der Waals surface area contributed by atoms with Crippen LogP contribution in [0.1, 0.15) is 82.9 Å². The van der Waals surface area contributed by atoms with E-state index < -0.39 is 12.1 Å². The molecule has 12 nitrogen and oxygen atoms in total. The van der Waals surface area contributed by atoms with Gasteiger partial charge in [0.2, 0.25) is 11.8 Å². The number of imidazole rings is 2. The topological polar surface area (TPSA) is 148 Å². The van der Waals surface area contributed by atoms with Crippen LogP contribution in [0.5, 0.6) is 0 Å². The molecule has 0 radical (unpaired) electrons. The van der Waals surface area contributed by atoms with Crippen LogP contribution in [0.25, 0.3) is 33.6 Å². The van der Waals surface area contributed by atoms with Gasteiger partial charge in [0.1, 0.15) is 17.7 Å². The highest BCUT2D eigenvalue weighted by molar-refractivity contribution is 5.86. The Hall–Kier alpha value is -4.97. The number of aromatic nitrogens is 4. The van der Waals surface area contributed by atoms with E-state index in [0.717, 1.165) is 82.9 Å². The van der Waals surface area contributed by atoms with Crippen LogP contribution in [0.15, 0.2) is 60.9 Å². The number of likely N-dealkylation sites (N-methyl/N-ethyl adjacent to an activating group) is 1. The molecule has 4 aromatic rings. The minimum Gasteiger partial charge on any atom is -0.465 e. The van der Waals surface area contributed by atoms with Gasteiger partial charge in [0.25, 0.3) is 0 Å². The number of benzene rings is 2. The molecule has 2 aliphatic heterocycles. The van der Waals surface area contributed by atoms with Gasteiger partial charge in [0.15, 0.2) is 0 Å². The van der Waals surface area contributed by atoms with Gasteiger partial charge in [-0.1, -0.05) is 75.2 Å². The number of nitrogens with one attached hydrogen (secondary N) is 2. The number of hydrogen-bond donors (Lipinski definition) is 3. The third kappa shape index (κ3) is 7.46. The van der Waals surface area contributed by atoms with Crippen LogP contribution in [0.3, 0.4) is 0 Å². The number of nitrogens with zero attached hydrogens (tertiary/aromatic N) is 5. The van der Waals surface area contributed by atoms with Crippen molar-refractivity contribution >= 4 is 17.9 Å². The van der Waals surface area contributed by atoms with Crippen LogP contribution in [0, 0.1) is 11.8 Å². The summed E-state index contributed by atoms with van der Waals surface area (Å²) >= 11 is 0. The summed E-state index contributed by atoms with van der Waals surface area (Å²) in [5, 5.41) is 9.58.